The zero-order valence-corrected chi connectivity index (χ0v) is 10.6. The molecule has 0 saturated carbocycles. The molecule has 0 radical (unpaired) electrons. The van der Waals surface area contributed by atoms with Gasteiger partial charge in [0.05, 0.1) is 17.3 Å². The summed E-state index contributed by atoms with van der Waals surface area (Å²) >= 11 is 6.40. The van der Waals surface area contributed by atoms with Crippen LogP contribution < -0.4 is 0 Å². The van der Waals surface area contributed by atoms with Crippen molar-refractivity contribution in [3.05, 3.63) is 15.5 Å². The summed E-state index contributed by atoms with van der Waals surface area (Å²) in [5.41, 5.74) is 0.842. The summed E-state index contributed by atoms with van der Waals surface area (Å²) in [6.07, 6.45) is 0.881. The van der Waals surface area contributed by atoms with Gasteiger partial charge in [-0.15, -0.1) is 16.4 Å². The first-order valence-electron chi connectivity index (χ1n) is 4.78. The molecule has 86 valence electrons. The van der Waals surface area contributed by atoms with Gasteiger partial charge in [-0.25, -0.2) is 10.1 Å². The molecule has 2 heterocycles. The van der Waals surface area contributed by atoms with Crippen LogP contribution in [-0.2, 0) is 17.8 Å². The highest BCUT2D eigenvalue weighted by Gasteiger charge is 2.16. The van der Waals surface area contributed by atoms with Gasteiger partial charge in [0.1, 0.15) is 4.88 Å². The maximum Gasteiger partial charge on any atom is 0.284 e. The molecule has 0 aliphatic carbocycles. The number of aryl methyl sites for hydroxylation is 1. The van der Waals surface area contributed by atoms with E-state index in [0.29, 0.717) is 12.5 Å². The van der Waals surface area contributed by atoms with E-state index in [0.717, 1.165) is 22.0 Å². The van der Waals surface area contributed by atoms with Crippen molar-refractivity contribution in [2.75, 3.05) is 7.11 Å². The Balaban J connectivity index is 2.45. The Morgan fingerprint density at radius 1 is 1.56 bits per heavy atom. The van der Waals surface area contributed by atoms with Crippen molar-refractivity contribution in [1.29, 1.82) is 0 Å². The van der Waals surface area contributed by atoms with Gasteiger partial charge in [0.15, 0.2) is 0 Å². The van der Waals surface area contributed by atoms with Crippen molar-refractivity contribution < 1.29 is 9.15 Å². The molecule has 0 aliphatic rings. The van der Waals surface area contributed by atoms with Crippen LogP contribution in [0.4, 0.5) is 0 Å². The predicted molar refractivity (Wildman–Crippen MR) is 62.9 cm³/mol. The predicted octanol–water partition coefficient (Wildman–Crippen LogP) is 2.56. The van der Waals surface area contributed by atoms with Gasteiger partial charge >= 0.3 is 0 Å². The first-order valence-corrected chi connectivity index (χ1v) is 6.00. The summed E-state index contributed by atoms with van der Waals surface area (Å²) in [5, 5.41) is 7.63. The molecule has 7 heteroatoms. The molecule has 0 aliphatic heterocycles. The van der Waals surface area contributed by atoms with Gasteiger partial charge in [0.2, 0.25) is 0 Å². The molecule has 2 rings (SSSR count). The fourth-order valence-electron chi connectivity index (χ4n) is 1.28. The lowest BCUT2D eigenvalue weighted by atomic mass is 10.3. The highest BCUT2D eigenvalue weighted by Crippen LogP contribution is 2.29. The second-order valence-corrected chi connectivity index (χ2v) is 4.54. The second kappa shape index (κ2) is 4.86. The molecule has 0 saturated heterocycles. The minimum Gasteiger partial charge on any atom is -0.408 e. The average Bonchev–Trinajstić information content (AvgIpc) is 2.85. The summed E-state index contributed by atoms with van der Waals surface area (Å²) in [4.78, 5) is 5.60. The smallest absolute Gasteiger partial charge is 0.284 e. The standard InChI is InChI=1S/C9H11N3O2S2/c1-3-6-10-5(4-13-2)7(16-6)8-11-12-9(15)14-8/h3-4H2,1-2H3,(H,12,15). The number of hydrogen-bond acceptors (Lipinski definition) is 6. The maximum atomic E-state index is 5.28. The van der Waals surface area contributed by atoms with E-state index in [2.05, 4.69) is 22.1 Å². The number of nitrogens with one attached hydrogen (secondary N) is 1. The molecule has 16 heavy (non-hydrogen) atoms. The van der Waals surface area contributed by atoms with Gasteiger partial charge in [0, 0.05) is 7.11 Å². The molecule has 0 unspecified atom stereocenters. The Hall–Kier alpha value is -1.05. The van der Waals surface area contributed by atoms with Crippen LogP contribution in [0.3, 0.4) is 0 Å². The van der Waals surface area contributed by atoms with Crippen LogP contribution in [0.1, 0.15) is 17.6 Å². The van der Waals surface area contributed by atoms with E-state index in [-0.39, 0.29) is 4.84 Å². The van der Waals surface area contributed by atoms with Gasteiger partial charge < -0.3 is 9.15 Å². The lowest BCUT2D eigenvalue weighted by Gasteiger charge is -1.95. The van der Waals surface area contributed by atoms with E-state index in [4.69, 9.17) is 21.4 Å². The molecule has 0 fully saturated rings. The van der Waals surface area contributed by atoms with E-state index in [1.165, 1.54) is 0 Å². The van der Waals surface area contributed by atoms with Crippen LogP contribution in [0.25, 0.3) is 10.8 Å². The molecular weight excluding hydrogens is 246 g/mol. The SMILES string of the molecule is CCc1nc(COC)c(-c2n[nH]c(=S)o2)s1. The van der Waals surface area contributed by atoms with Crippen molar-refractivity contribution in [2.24, 2.45) is 0 Å². The monoisotopic (exact) mass is 257 g/mol. The molecular formula is C9H11N3O2S2. The number of methoxy groups -OCH3 is 1. The van der Waals surface area contributed by atoms with E-state index in [1.807, 2.05) is 0 Å². The van der Waals surface area contributed by atoms with Gasteiger partial charge in [-0.05, 0) is 18.6 Å². The molecule has 0 spiro atoms. The topological polar surface area (TPSA) is 63.9 Å². The Morgan fingerprint density at radius 2 is 2.38 bits per heavy atom. The Morgan fingerprint density at radius 3 is 2.94 bits per heavy atom. The minimum atomic E-state index is 0.268. The number of rotatable bonds is 4. The minimum absolute atomic E-state index is 0.268. The third kappa shape index (κ3) is 2.21. The first-order chi connectivity index (χ1) is 7.74. The largest absolute Gasteiger partial charge is 0.408 e. The summed E-state index contributed by atoms with van der Waals surface area (Å²) in [6, 6.07) is 0. The number of hydrogen-bond donors (Lipinski definition) is 1. The van der Waals surface area contributed by atoms with Crippen LogP contribution in [0.2, 0.25) is 0 Å². The normalized spacial score (nSPS) is 10.9. The summed E-state index contributed by atoms with van der Waals surface area (Å²) in [6.45, 7) is 2.50. The van der Waals surface area contributed by atoms with Gasteiger partial charge in [-0.1, -0.05) is 6.92 Å². The Bertz CT molecular complexity index is 529. The van der Waals surface area contributed by atoms with Crippen LogP contribution in [0, 0.1) is 4.84 Å². The summed E-state index contributed by atoms with van der Waals surface area (Å²) in [7, 11) is 1.63. The Labute approximate surface area is 101 Å². The van der Waals surface area contributed by atoms with Crippen molar-refractivity contribution >= 4 is 23.6 Å². The van der Waals surface area contributed by atoms with Gasteiger partial charge in [-0.3, -0.25) is 0 Å². The lowest BCUT2D eigenvalue weighted by Crippen LogP contribution is -1.91. The van der Waals surface area contributed by atoms with Crippen LogP contribution in [-0.4, -0.2) is 22.3 Å². The van der Waals surface area contributed by atoms with Crippen molar-refractivity contribution in [1.82, 2.24) is 15.2 Å². The second-order valence-electron chi connectivity index (χ2n) is 3.09. The maximum absolute atomic E-state index is 5.28. The van der Waals surface area contributed by atoms with E-state index < -0.39 is 0 Å². The number of H-pyrrole nitrogens is 1. The van der Waals surface area contributed by atoms with Crippen LogP contribution in [0.5, 0.6) is 0 Å². The molecule has 2 aromatic rings. The zero-order valence-electron chi connectivity index (χ0n) is 8.94. The molecule has 0 bridgehead atoms. The molecule has 0 aromatic carbocycles. The molecule has 0 atom stereocenters. The van der Waals surface area contributed by atoms with Gasteiger partial charge in [-0.2, -0.15) is 0 Å². The van der Waals surface area contributed by atoms with Crippen LogP contribution >= 0.6 is 23.6 Å². The third-order valence-corrected chi connectivity index (χ3v) is 3.36. The molecule has 1 N–H and O–H groups in total. The van der Waals surface area contributed by atoms with E-state index in [9.17, 15) is 0 Å². The number of aromatic nitrogens is 3. The quantitative estimate of drug-likeness (QED) is 0.853. The lowest BCUT2D eigenvalue weighted by molar-refractivity contribution is 0.182. The number of thiazole rings is 1. The van der Waals surface area contributed by atoms with Gasteiger partial charge in [0.25, 0.3) is 10.7 Å². The van der Waals surface area contributed by atoms with Crippen LogP contribution in [0.15, 0.2) is 4.42 Å². The first kappa shape index (κ1) is 11.4. The molecule has 5 nitrogen and oxygen atoms in total. The van der Waals surface area contributed by atoms with E-state index >= 15 is 0 Å². The fraction of sp³-hybridized carbons (Fsp3) is 0.444. The summed E-state index contributed by atoms with van der Waals surface area (Å²) < 4.78 is 10.4. The third-order valence-electron chi connectivity index (χ3n) is 1.96. The number of aromatic amines is 1. The highest BCUT2D eigenvalue weighted by atomic mass is 32.1. The zero-order chi connectivity index (χ0) is 11.5. The van der Waals surface area contributed by atoms with Crippen molar-refractivity contribution in [2.45, 2.75) is 20.0 Å². The molecule has 2 aromatic heterocycles. The van der Waals surface area contributed by atoms with Crippen molar-refractivity contribution in [3.8, 4) is 10.8 Å². The van der Waals surface area contributed by atoms with E-state index in [1.54, 1.807) is 18.4 Å². The number of ether oxygens (including phenoxy) is 1. The summed E-state index contributed by atoms with van der Waals surface area (Å²) in [5.74, 6) is 0.481. The number of nitrogens with zero attached hydrogens (tertiary/aromatic N) is 2. The fourth-order valence-corrected chi connectivity index (χ4v) is 2.34. The average molecular weight is 257 g/mol. The van der Waals surface area contributed by atoms with Crippen molar-refractivity contribution in [3.63, 3.8) is 0 Å². The Kier molecular flexibility index (Phi) is 3.47. The highest BCUT2D eigenvalue weighted by molar-refractivity contribution is 7.71. The molecule has 0 amide bonds.